The van der Waals surface area contributed by atoms with Crippen molar-refractivity contribution in [2.75, 3.05) is 27.3 Å². The monoisotopic (exact) mass is 174 g/mol. The molecule has 1 fully saturated rings. The summed E-state index contributed by atoms with van der Waals surface area (Å²) in [7, 11) is 3.07. The summed E-state index contributed by atoms with van der Waals surface area (Å²) < 4.78 is 4.54. The minimum Gasteiger partial charge on any atom is -0.453 e. The van der Waals surface area contributed by atoms with Crippen LogP contribution in [0.1, 0.15) is 6.42 Å². The molecule has 5 nitrogen and oxygen atoms in total. The van der Waals surface area contributed by atoms with Crippen LogP contribution in [-0.2, 0) is 9.57 Å². The number of rotatable bonds is 2. The lowest BCUT2D eigenvalue weighted by Gasteiger charge is -2.18. The van der Waals surface area contributed by atoms with Crippen molar-refractivity contribution < 1.29 is 14.4 Å². The van der Waals surface area contributed by atoms with Crippen LogP contribution in [0, 0.1) is 0 Å². The molecule has 1 N–H and O–H groups in total. The molecule has 0 aromatic heterocycles. The number of hydrogen-bond acceptors (Lipinski definition) is 4. The summed E-state index contributed by atoms with van der Waals surface area (Å²) in [6, 6.07) is 0.231. The Balaban J connectivity index is 2.24. The first kappa shape index (κ1) is 9.28. The van der Waals surface area contributed by atoms with E-state index in [1.165, 1.54) is 12.0 Å². The smallest absolute Gasteiger partial charge is 0.409 e. The van der Waals surface area contributed by atoms with Gasteiger partial charge >= 0.3 is 6.09 Å². The van der Waals surface area contributed by atoms with Crippen LogP contribution in [0.25, 0.3) is 0 Å². The molecule has 0 unspecified atom stereocenters. The number of likely N-dealkylation sites (N-methyl/N-ethyl adjacent to an activating group) is 1. The molecule has 1 aliphatic rings. The van der Waals surface area contributed by atoms with Crippen LogP contribution in [0.15, 0.2) is 0 Å². The Labute approximate surface area is 71.6 Å². The van der Waals surface area contributed by atoms with Crippen molar-refractivity contribution >= 4 is 6.09 Å². The highest BCUT2D eigenvalue weighted by Gasteiger charge is 2.19. The van der Waals surface area contributed by atoms with Crippen molar-refractivity contribution in [3.63, 3.8) is 0 Å². The molecule has 0 spiro atoms. The standard InChI is InChI=1S/C7H14N2O3/c1-9(7(10)11-2)5-6-3-4-12-8-6/h6,8H,3-5H2,1-2H3/t6-/m0/s1. The van der Waals surface area contributed by atoms with Gasteiger partial charge in [-0.3, -0.25) is 0 Å². The van der Waals surface area contributed by atoms with Crippen molar-refractivity contribution in [1.82, 2.24) is 10.4 Å². The molecule has 0 aromatic rings. The highest BCUT2D eigenvalue weighted by atomic mass is 16.7. The van der Waals surface area contributed by atoms with Gasteiger partial charge in [-0.05, 0) is 6.42 Å². The second-order valence-electron chi connectivity index (χ2n) is 2.80. The molecule has 1 aliphatic heterocycles. The van der Waals surface area contributed by atoms with E-state index in [9.17, 15) is 4.79 Å². The lowest BCUT2D eigenvalue weighted by atomic mass is 10.2. The van der Waals surface area contributed by atoms with Crippen molar-refractivity contribution in [3.05, 3.63) is 0 Å². The van der Waals surface area contributed by atoms with Crippen LogP contribution in [0.2, 0.25) is 0 Å². The van der Waals surface area contributed by atoms with Gasteiger partial charge in [-0.15, -0.1) is 0 Å². The number of methoxy groups -OCH3 is 1. The zero-order chi connectivity index (χ0) is 8.97. The maximum Gasteiger partial charge on any atom is 0.409 e. The summed E-state index contributed by atoms with van der Waals surface area (Å²) >= 11 is 0. The SMILES string of the molecule is COC(=O)N(C)C[C@@H]1CCON1. The van der Waals surface area contributed by atoms with Crippen LogP contribution in [-0.4, -0.2) is 44.3 Å². The Bertz CT molecular complexity index is 157. The molecular weight excluding hydrogens is 160 g/mol. The quantitative estimate of drug-likeness (QED) is 0.639. The molecule has 70 valence electrons. The first-order valence-corrected chi connectivity index (χ1v) is 3.90. The Morgan fingerprint density at radius 1 is 1.83 bits per heavy atom. The Kier molecular flexibility index (Phi) is 3.31. The number of ether oxygens (including phenoxy) is 1. The van der Waals surface area contributed by atoms with Gasteiger partial charge in [-0.1, -0.05) is 0 Å². The highest BCUT2D eigenvalue weighted by molar-refractivity contribution is 5.66. The number of nitrogens with one attached hydrogen (secondary N) is 1. The second-order valence-corrected chi connectivity index (χ2v) is 2.80. The first-order valence-electron chi connectivity index (χ1n) is 3.90. The van der Waals surface area contributed by atoms with Gasteiger partial charge in [0.05, 0.1) is 19.8 Å². The molecule has 0 aromatic carbocycles. The Morgan fingerprint density at radius 3 is 3.08 bits per heavy atom. The number of nitrogens with zero attached hydrogens (tertiary/aromatic N) is 1. The van der Waals surface area contributed by atoms with Gasteiger partial charge < -0.3 is 14.5 Å². The molecule has 0 saturated carbocycles. The zero-order valence-electron chi connectivity index (χ0n) is 7.37. The number of amides is 1. The van der Waals surface area contributed by atoms with Crippen LogP contribution in [0.4, 0.5) is 4.79 Å². The van der Waals surface area contributed by atoms with Crippen molar-refractivity contribution in [1.29, 1.82) is 0 Å². The molecule has 0 bridgehead atoms. The van der Waals surface area contributed by atoms with Crippen LogP contribution in [0.3, 0.4) is 0 Å². The second kappa shape index (κ2) is 4.27. The third-order valence-electron chi connectivity index (χ3n) is 1.80. The van der Waals surface area contributed by atoms with Gasteiger partial charge in [0.2, 0.25) is 0 Å². The van der Waals surface area contributed by atoms with Gasteiger partial charge in [-0.2, -0.15) is 5.48 Å². The average molecular weight is 174 g/mol. The fourth-order valence-corrected chi connectivity index (χ4v) is 1.13. The largest absolute Gasteiger partial charge is 0.453 e. The molecular formula is C7H14N2O3. The molecule has 12 heavy (non-hydrogen) atoms. The molecule has 5 heteroatoms. The van der Waals surface area contributed by atoms with E-state index in [0.29, 0.717) is 13.2 Å². The van der Waals surface area contributed by atoms with Gasteiger partial charge in [-0.25, -0.2) is 4.79 Å². The minimum absolute atomic E-state index is 0.231. The lowest BCUT2D eigenvalue weighted by Crippen LogP contribution is -2.38. The predicted molar refractivity (Wildman–Crippen MR) is 42.5 cm³/mol. The van der Waals surface area contributed by atoms with E-state index < -0.39 is 0 Å². The van der Waals surface area contributed by atoms with Crippen molar-refractivity contribution in [2.24, 2.45) is 0 Å². The van der Waals surface area contributed by atoms with E-state index in [4.69, 9.17) is 4.84 Å². The maximum absolute atomic E-state index is 10.9. The molecule has 1 atom stereocenters. The fourth-order valence-electron chi connectivity index (χ4n) is 1.13. The van der Waals surface area contributed by atoms with Gasteiger partial charge in [0, 0.05) is 13.6 Å². The summed E-state index contributed by atoms with van der Waals surface area (Å²) in [5.74, 6) is 0. The molecule has 1 rings (SSSR count). The van der Waals surface area contributed by atoms with Gasteiger partial charge in [0.25, 0.3) is 0 Å². The fraction of sp³-hybridized carbons (Fsp3) is 0.857. The van der Waals surface area contributed by atoms with Crippen LogP contribution >= 0.6 is 0 Å². The molecule has 1 heterocycles. The van der Waals surface area contributed by atoms with Gasteiger partial charge in [0.1, 0.15) is 0 Å². The topological polar surface area (TPSA) is 50.8 Å². The lowest BCUT2D eigenvalue weighted by molar-refractivity contribution is 0.0789. The molecule has 0 radical (unpaired) electrons. The third kappa shape index (κ3) is 2.35. The van der Waals surface area contributed by atoms with Crippen molar-refractivity contribution in [2.45, 2.75) is 12.5 Å². The van der Waals surface area contributed by atoms with E-state index in [-0.39, 0.29) is 12.1 Å². The Hall–Kier alpha value is -0.810. The summed E-state index contributed by atoms with van der Waals surface area (Å²) in [4.78, 5) is 17.4. The zero-order valence-corrected chi connectivity index (χ0v) is 7.37. The third-order valence-corrected chi connectivity index (χ3v) is 1.80. The molecule has 1 saturated heterocycles. The van der Waals surface area contributed by atoms with Crippen LogP contribution < -0.4 is 5.48 Å². The number of hydrogen-bond donors (Lipinski definition) is 1. The summed E-state index contributed by atoms with van der Waals surface area (Å²) in [6.45, 7) is 1.33. The number of hydroxylamine groups is 1. The Morgan fingerprint density at radius 2 is 2.58 bits per heavy atom. The number of carbonyl (C=O) groups excluding carboxylic acids is 1. The van der Waals surface area contributed by atoms with E-state index >= 15 is 0 Å². The van der Waals surface area contributed by atoms with E-state index in [2.05, 4.69) is 10.2 Å². The van der Waals surface area contributed by atoms with E-state index in [0.717, 1.165) is 6.42 Å². The molecule has 0 aliphatic carbocycles. The summed E-state index contributed by atoms with van der Waals surface area (Å²) in [5, 5.41) is 0. The van der Waals surface area contributed by atoms with Crippen molar-refractivity contribution in [3.8, 4) is 0 Å². The first-order chi connectivity index (χ1) is 5.74. The average Bonchev–Trinajstić information content (AvgIpc) is 2.55. The molecule has 1 amide bonds. The van der Waals surface area contributed by atoms with Gasteiger partial charge in [0.15, 0.2) is 0 Å². The highest BCUT2D eigenvalue weighted by Crippen LogP contribution is 2.02. The summed E-state index contributed by atoms with van der Waals surface area (Å²) in [6.07, 6.45) is 0.616. The normalized spacial score (nSPS) is 22.3. The van der Waals surface area contributed by atoms with E-state index in [1.807, 2.05) is 0 Å². The maximum atomic E-state index is 10.9. The minimum atomic E-state index is -0.316. The predicted octanol–water partition coefficient (Wildman–Crippen LogP) is -0.0219. The van der Waals surface area contributed by atoms with Crippen LogP contribution in [0.5, 0.6) is 0 Å². The van der Waals surface area contributed by atoms with E-state index in [1.54, 1.807) is 7.05 Å². The number of carbonyl (C=O) groups is 1. The summed E-state index contributed by atoms with van der Waals surface area (Å²) in [5.41, 5.74) is 2.82.